The van der Waals surface area contributed by atoms with Crippen molar-refractivity contribution in [2.75, 3.05) is 18.4 Å². The fourth-order valence-electron chi connectivity index (χ4n) is 4.05. The quantitative estimate of drug-likeness (QED) is 0.553. The Kier molecular flexibility index (Phi) is 6.44. The SMILES string of the molecule is CC(C(=O)Nc1ccc(CN2CCCCC2)cc1)n1nc(C(F)(F)F)c(Br)c1C1CC1. The summed E-state index contributed by atoms with van der Waals surface area (Å²) in [7, 11) is 0. The number of hydrogen-bond acceptors (Lipinski definition) is 3. The highest BCUT2D eigenvalue weighted by Crippen LogP contribution is 2.47. The van der Waals surface area contributed by atoms with E-state index in [9.17, 15) is 18.0 Å². The van der Waals surface area contributed by atoms with Gasteiger partial charge in [-0.05, 0) is 79.3 Å². The summed E-state index contributed by atoms with van der Waals surface area (Å²) in [5.41, 5.74) is 1.27. The Bertz CT molecular complexity index is 931. The van der Waals surface area contributed by atoms with Crippen molar-refractivity contribution in [1.29, 1.82) is 0 Å². The van der Waals surface area contributed by atoms with Gasteiger partial charge in [-0.1, -0.05) is 18.6 Å². The highest BCUT2D eigenvalue weighted by atomic mass is 79.9. The van der Waals surface area contributed by atoms with E-state index in [-0.39, 0.29) is 10.4 Å². The normalized spacial score (nSPS) is 18.7. The van der Waals surface area contributed by atoms with Gasteiger partial charge in [0.15, 0.2) is 5.69 Å². The zero-order chi connectivity index (χ0) is 22.2. The summed E-state index contributed by atoms with van der Waals surface area (Å²) in [6.45, 7) is 4.68. The largest absolute Gasteiger partial charge is 0.436 e. The van der Waals surface area contributed by atoms with Crippen LogP contribution >= 0.6 is 15.9 Å². The lowest BCUT2D eigenvalue weighted by atomic mass is 10.1. The summed E-state index contributed by atoms with van der Waals surface area (Å²) in [4.78, 5) is 15.2. The number of piperidine rings is 1. The number of nitrogens with one attached hydrogen (secondary N) is 1. The van der Waals surface area contributed by atoms with E-state index in [1.807, 2.05) is 24.3 Å². The van der Waals surface area contributed by atoms with Crippen LogP contribution in [0.2, 0.25) is 0 Å². The van der Waals surface area contributed by atoms with Crippen LogP contribution in [0.5, 0.6) is 0 Å². The van der Waals surface area contributed by atoms with Gasteiger partial charge < -0.3 is 5.32 Å². The Morgan fingerprint density at radius 1 is 1.19 bits per heavy atom. The Morgan fingerprint density at radius 3 is 2.42 bits per heavy atom. The number of alkyl halides is 3. The van der Waals surface area contributed by atoms with E-state index in [1.54, 1.807) is 6.92 Å². The first-order valence-corrected chi connectivity index (χ1v) is 11.5. The molecule has 9 heteroatoms. The molecular weight excluding hydrogens is 473 g/mol. The second-order valence-corrected chi connectivity index (χ2v) is 9.26. The van der Waals surface area contributed by atoms with Crippen LogP contribution in [0.4, 0.5) is 18.9 Å². The molecule has 31 heavy (non-hydrogen) atoms. The van der Waals surface area contributed by atoms with Gasteiger partial charge in [0.1, 0.15) is 6.04 Å². The van der Waals surface area contributed by atoms with E-state index in [0.717, 1.165) is 32.5 Å². The van der Waals surface area contributed by atoms with Gasteiger partial charge in [-0.25, -0.2) is 0 Å². The number of likely N-dealkylation sites (tertiary alicyclic amines) is 1. The molecule has 2 heterocycles. The predicted octanol–water partition coefficient (Wildman–Crippen LogP) is 5.73. The molecule has 1 saturated heterocycles. The number of carbonyl (C=O) groups excluding carboxylic acids is 1. The lowest BCUT2D eigenvalue weighted by molar-refractivity contribution is -0.142. The third-order valence-electron chi connectivity index (χ3n) is 5.94. The smallest absolute Gasteiger partial charge is 0.324 e. The van der Waals surface area contributed by atoms with Gasteiger partial charge in [0, 0.05) is 18.2 Å². The summed E-state index contributed by atoms with van der Waals surface area (Å²) in [5.74, 6) is -0.392. The fraction of sp³-hybridized carbons (Fsp3) is 0.545. The van der Waals surface area contributed by atoms with Crippen molar-refractivity contribution >= 4 is 27.5 Å². The number of benzene rings is 1. The molecular formula is C22H26BrF3N4O. The summed E-state index contributed by atoms with van der Waals surface area (Å²) in [5, 5.41) is 6.58. The number of anilines is 1. The molecule has 0 radical (unpaired) electrons. The van der Waals surface area contributed by atoms with Crippen molar-refractivity contribution in [1.82, 2.24) is 14.7 Å². The number of carbonyl (C=O) groups is 1. The molecule has 4 rings (SSSR count). The second kappa shape index (κ2) is 8.94. The molecule has 168 valence electrons. The molecule has 1 saturated carbocycles. The summed E-state index contributed by atoms with van der Waals surface area (Å²) in [6, 6.07) is 6.78. The fourth-order valence-corrected chi connectivity index (χ4v) is 4.86. The Hall–Kier alpha value is -1.87. The third-order valence-corrected chi connectivity index (χ3v) is 6.72. The Balaban J connectivity index is 1.45. The topological polar surface area (TPSA) is 50.2 Å². The Labute approximate surface area is 188 Å². The second-order valence-electron chi connectivity index (χ2n) is 8.46. The average molecular weight is 499 g/mol. The molecule has 1 N–H and O–H groups in total. The first-order chi connectivity index (χ1) is 14.7. The molecule has 2 fully saturated rings. The Morgan fingerprint density at radius 2 is 1.84 bits per heavy atom. The van der Waals surface area contributed by atoms with E-state index in [4.69, 9.17) is 0 Å². The van der Waals surface area contributed by atoms with Crippen molar-refractivity contribution in [2.24, 2.45) is 0 Å². The number of rotatable bonds is 6. The molecule has 1 amide bonds. The lowest BCUT2D eigenvalue weighted by Crippen LogP contribution is -2.29. The van der Waals surface area contributed by atoms with Crippen molar-refractivity contribution in [3.05, 3.63) is 45.7 Å². The van der Waals surface area contributed by atoms with Crippen molar-refractivity contribution in [3.8, 4) is 0 Å². The zero-order valence-corrected chi connectivity index (χ0v) is 19.0. The minimum Gasteiger partial charge on any atom is -0.324 e. The molecule has 0 bridgehead atoms. The molecule has 2 aliphatic rings. The maximum Gasteiger partial charge on any atom is 0.436 e. The third kappa shape index (κ3) is 5.14. The zero-order valence-electron chi connectivity index (χ0n) is 17.4. The van der Waals surface area contributed by atoms with Crippen LogP contribution in [-0.4, -0.2) is 33.7 Å². The number of nitrogens with zero attached hydrogens (tertiary/aromatic N) is 3. The minimum atomic E-state index is -4.58. The number of amides is 1. The van der Waals surface area contributed by atoms with Gasteiger partial charge in [0.25, 0.3) is 0 Å². The van der Waals surface area contributed by atoms with Crippen LogP contribution < -0.4 is 5.32 Å². The van der Waals surface area contributed by atoms with Crippen LogP contribution in [0.1, 0.15) is 67.9 Å². The molecule has 5 nitrogen and oxygen atoms in total. The van der Waals surface area contributed by atoms with Gasteiger partial charge in [0.05, 0.1) is 10.2 Å². The first kappa shape index (κ1) is 22.3. The van der Waals surface area contributed by atoms with Gasteiger partial charge in [-0.15, -0.1) is 0 Å². The first-order valence-electron chi connectivity index (χ1n) is 10.7. The van der Waals surface area contributed by atoms with Crippen LogP contribution in [-0.2, 0) is 17.5 Å². The van der Waals surface area contributed by atoms with E-state index in [1.165, 1.54) is 29.5 Å². The van der Waals surface area contributed by atoms with Gasteiger partial charge in [-0.3, -0.25) is 14.4 Å². The lowest BCUT2D eigenvalue weighted by Gasteiger charge is -2.26. The van der Waals surface area contributed by atoms with Crippen LogP contribution in [0, 0.1) is 0 Å². The molecule has 1 unspecified atom stereocenters. The van der Waals surface area contributed by atoms with E-state index < -0.39 is 23.8 Å². The van der Waals surface area contributed by atoms with Crippen molar-refractivity contribution < 1.29 is 18.0 Å². The van der Waals surface area contributed by atoms with E-state index in [0.29, 0.717) is 11.4 Å². The predicted molar refractivity (Wildman–Crippen MR) is 116 cm³/mol. The molecule has 1 aliphatic carbocycles. The summed E-state index contributed by atoms with van der Waals surface area (Å²) < 4.78 is 41.2. The van der Waals surface area contributed by atoms with Crippen LogP contribution in [0.25, 0.3) is 0 Å². The summed E-state index contributed by atoms with van der Waals surface area (Å²) in [6.07, 6.45) is 0.777. The molecule has 1 aliphatic heterocycles. The molecule has 1 atom stereocenters. The molecule has 1 aromatic carbocycles. The van der Waals surface area contributed by atoms with E-state index >= 15 is 0 Å². The maximum absolute atomic E-state index is 13.3. The van der Waals surface area contributed by atoms with Gasteiger partial charge in [-0.2, -0.15) is 18.3 Å². The minimum absolute atomic E-state index is 0.00213. The number of hydrogen-bond donors (Lipinski definition) is 1. The van der Waals surface area contributed by atoms with E-state index in [2.05, 4.69) is 31.2 Å². The van der Waals surface area contributed by atoms with Crippen molar-refractivity contribution in [3.63, 3.8) is 0 Å². The highest BCUT2D eigenvalue weighted by molar-refractivity contribution is 9.10. The van der Waals surface area contributed by atoms with Gasteiger partial charge in [0.2, 0.25) is 5.91 Å². The van der Waals surface area contributed by atoms with Crippen LogP contribution in [0.15, 0.2) is 28.7 Å². The standard InChI is InChI=1S/C22H26BrF3N4O/c1-14(30-19(16-7-8-16)18(23)20(28-30)22(24,25)26)21(31)27-17-9-5-15(6-10-17)13-29-11-3-2-4-12-29/h5-6,9-10,14,16H,2-4,7-8,11-13H2,1H3,(H,27,31). The molecule has 2 aromatic rings. The average Bonchev–Trinajstić information content (AvgIpc) is 3.50. The maximum atomic E-state index is 13.3. The van der Waals surface area contributed by atoms with Crippen molar-refractivity contribution in [2.45, 2.75) is 63.7 Å². The number of aromatic nitrogens is 2. The highest BCUT2D eigenvalue weighted by Gasteiger charge is 2.43. The molecule has 1 aromatic heterocycles. The van der Waals surface area contributed by atoms with Gasteiger partial charge >= 0.3 is 6.18 Å². The monoisotopic (exact) mass is 498 g/mol. The number of halogens is 4. The van der Waals surface area contributed by atoms with Crippen LogP contribution in [0.3, 0.4) is 0 Å². The summed E-state index contributed by atoms with van der Waals surface area (Å²) >= 11 is 3.07. The molecule has 0 spiro atoms.